The summed E-state index contributed by atoms with van der Waals surface area (Å²) in [7, 11) is 0. The minimum Gasteiger partial charge on any atom is -0.478 e. The highest BCUT2D eigenvalue weighted by Crippen LogP contribution is 2.30. The van der Waals surface area contributed by atoms with Gasteiger partial charge in [-0.15, -0.1) is 11.8 Å². The molecule has 0 heterocycles. The molecule has 0 aliphatic carbocycles. The van der Waals surface area contributed by atoms with E-state index < -0.39 is 16.9 Å². The molecule has 2 rings (SSSR count). The summed E-state index contributed by atoms with van der Waals surface area (Å²) < 4.78 is 4.84. The number of ether oxygens (including phenoxy) is 1. The minimum absolute atomic E-state index is 0.105. The molecule has 1 N–H and O–H groups in total. The standard InChI is InChI=1S/C17H15NO6S/c1-2-24-17(21)11-7-8-12(14(9-11)18(22)23)10-25-15-6-4-3-5-13(15)16(19)20/h3-9H,2,10H2,1H3,(H,19,20). The Bertz CT molecular complexity index is 821. The third-order valence-electron chi connectivity index (χ3n) is 3.29. The highest BCUT2D eigenvalue weighted by Gasteiger charge is 2.19. The van der Waals surface area contributed by atoms with Crippen LogP contribution in [0.25, 0.3) is 0 Å². The summed E-state index contributed by atoms with van der Waals surface area (Å²) in [5, 5.41) is 20.5. The minimum atomic E-state index is -1.06. The number of nitro groups is 1. The summed E-state index contributed by atoms with van der Waals surface area (Å²) in [4.78, 5) is 34.2. The van der Waals surface area contributed by atoms with Crippen LogP contribution in [-0.4, -0.2) is 28.6 Å². The van der Waals surface area contributed by atoms with Crippen molar-refractivity contribution in [2.24, 2.45) is 0 Å². The van der Waals surface area contributed by atoms with Crippen LogP contribution in [0.5, 0.6) is 0 Å². The van der Waals surface area contributed by atoms with Crippen LogP contribution in [0.15, 0.2) is 47.4 Å². The number of hydrogen-bond acceptors (Lipinski definition) is 6. The Labute approximate surface area is 147 Å². The molecule has 0 aliphatic rings. The molecule has 0 spiro atoms. The van der Waals surface area contributed by atoms with Crippen LogP contribution in [0.3, 0.4) is 0 Å². The Morgan fingerprint density at radius 2 is 1.96 bits per heavy atom. The molecule has 0 amide bonds. The second kappa shape index (κ2) is 8.29. The van der Waals surface area contributed by atoms with Gasteiger partial charge in [0.15, 0.2) is 0 Å². The number of rotatable bonds is 7. The zero-order valence-corrected chi connectivity index (χ0v) is 14.1. The average molecular weight is 361 g/mol. The van der Waals surface area contributed by atoms with E-state index in [-0.39, 0.29) is 29.2 Å². The van der Waals surface area contributed by atoms with Crippen molar-refractivity contribution in [3.05, 3.63) is 69.3 Å². The topological polar surface area (TPSA) is 107 Å². The Kier molecular flexibility index (Phi) is 6.13. The monoisotopic (exact) mass is 361 g/mol. The quantitative estimate of drug-likeness (QED) is 0.346. The molecule has 2 aromatic carbocycles. The molecule has 0 radical (unpaired) electrons. The molecule has 0 saturated heterocycles. The van der Waals surface area contributed by atoms with Gasteiger partial charge in [-0.05, 0) is 25.1 Å². The zero-order valence-electron chi connectivity index (χ0n) is 13.3. The molecule has 8 heteroatoms. The highest BCUT2D eigenvalue weighted by molar-refractivity contribution is 7.98. The lowest BCUT2D eigenvalue weighted by Crippen LogP contribution is -2.06. The van der Waals surface area contributed by atoms with E-state index in [1.807, 2.05) is 0 Å². The molecule has 0 fully saturated rings. The largest absolute Gasteiger partial charge is 0.478 e. The fourth-order valence-electron chi connectivity index (χ4n) is 2.12. The van der Waals surface area contributed by atoms with Gasteiger partial charge in [-0.1, -0.05) is 18.2 Å². The van der Waals surface area contributed by atoms with Crippen molar-refractivity contribution in [1.82, 2.24) is 0 Å². The number of nitrogens with zero attached hydrogens (tertiary/aromatic N) is 1. The van der Waals surface area contributed by atoms with Crippen LogP contribution in [0.4, 0.5) is 5.69 Å². The van der Waals surface area contributed by atoms with Gasteiger partial charge in [-0.25, -0.2) is 9.59 Å². The molecule has 0 aliphatic heterocycles. The fourth-order valence-corrected chi connectivity index (χ4v) is 3.16. The lowest BCUT2D eigenvalue weighted by atomic mass is 10.1. The fraction of sp³-hybridized carbons (Fsp3) is 0.176. The number of aromatic carboxylic acids is 1. The molecule has 0 bridgehead atoms. The summed E-state index contributed by atoms with van der Waals surface area (Å²) in [6.07, 6.45) is 0. The molecule has 0 atom stereocenters. The number of hydrogen-bond donors (Lipinski definition) is 1. The second-order valence-corrected chi connectivity index (χ2v) is 5.93. The molecule has 0 unspecified atom stereocenters. The zero-order chi connectivity index (χ0) is 18.4. The predicted molar refractivity (Wildman–Crippen MR) is 92.0 cm³/mol. The van der Waals surface area contributed by atoms with Gasteiger partial charge in [0.1, 0.15) is 0 Å². The number of carboxylic acids is 1. The molecule has 130 valence electrons. The van der Waals surface area contributed by atoms with Gasteiger partial charge in [-0.3, -0.25) is 10.1 Å². The summed E-state index contributed by atoms with van der Waals surface area (Å²) in [5.74, 6) is -1.49. The van der Waals surface area contributed by atoms with Crippen molar-refractivity contribution in [3.8, 4) is 0 Å². The third-order valence-corrected chi connectivity index (χ3v) is 4.42. The van der Waals surface area contributed by atoms with E-state index in [0.717, 1.165) is 0 Å². The SMILES string of the molecule is CCOC(=O)c1ccc(CSc2ccccc2C(=O)O)c([N+](=O)[O-])c1. The maximum absolute atomic E-state index is 11.7. The van der Waals surface area contributed by atoms with Gasteiger partial charge >= 0.3 is 11.9 Å². The summed E-state index contributed by atoms with van der Waals surface area (Å²) in [6, 6.07) is 10.6. The lowest BCUT2D eigenvalue weighted by molar-refractivity contribution is -0.385. The maximum Gasteiger partial charge on any atom is 0.338 e. The number of nitro benzene ring substituents is 1. The van der Waals surface area contributed by atoms with Crippen molar-refractivity contribution in [1.29, 1.82) is 0 Å². The Balaban J connectivity index is 2.26. The van der Waals surface area contributed by atoms with E-state index in [0.29, 0.717) is 10.5 Å². The van der Waals surface area contributed by atoms with Gasteiger partial charge in [-0.2, -0.15) is 0 Å². The van der Waals surface area contributed by atoms with Crippen molar-refractivity contribution < 1.29 is 24.4 Å². The number of carboxylic acid groups (broad SMARTS) is 1. The van der Waals surface area contributed by atoms with E-state index in [1.54, 1.807) is 25.1 Å². The van der Waals surface area contributed by atoms with Crippen LogP contribution in [0, 0.1) is 10.1 Å². The molecule has 0 aromatic heterocycles. The highest BCUT2D eigenvalue weighted by atomic mass is 32.2. The van der Waals surface area contributed by atoms with Crippen LogP contribution in [0.1, 0.15) is 33.2 Å². The van der Waals surface area contributed by atoms with Crippen LogP contribution in [0.2, 0.25) is 0 Å². The van der Waals surface area contributed by atoms with Gasteiger partial charge in [0.2, 0.25) is 0 Å². The first-order valence-electron chi connectivity index (χ1n) is 7.33. The molecular weight excluding hydrogens is 346 g/mol. The second-order valence-electron chi connectivity index (χ2n) is 4.91. The number of esters is 1. The molecular formula is C17H15NO6S. The van der Waals surface area contributed by atoms with Crippen molar-refractivity contribution in [2.45, 2.75) is 17.6 Å². The molecule has 25 heavy (non-hydrogen) atoms. The van der Waals surface area contributed by atoms with E-state index in [4.69, 9.17) is 4.74 Å². The lowest BCUT2D eigenvalue weighted by Gasteiger charge is -2.08. The Hall–Kier alpha value is -2.87. The Morgan fingerprint density at radius 1 is 1.24 bits per heavy atom. The molecule has 0 saturated carbocycles. The predicted octanol–water partition coefficient (Wildman–Crippen LogP) is 3.76. The number of carbonyl (C=O) groups excluding carboxylic acids is 1. The van der Waals surface area contributed by atoms with Crippen LogP contribution < -0.4 is 0 Å². The summed E-state index contributed by atoms with van der Waals surface area (Å²) in [6.45, 7) is 1.83. The number of benzene rings is 2. The van der Waals surface area contributed by atoms with Crippen molar-refractivity contribution >= 4 is 29.4 Å². The van der Waals surface area contributed by atoms with E-state index >= 15 is 0 Å². The smallest absolute Gasteiger partial charge is 0.338 e. The van der Waals surface area contributed by atoms with Gasteiger partial charge in [0.25, 0.3) is 5.69 Å². The van der Waals surface area contributed by atoms with Gasteiger partial charge in [0.05, 0.1) is 22.7 Å². The first kappa shape index (κ1) is 18.5. The first-order chi connectivity index (χ1) is 11.9. The van der Waals surface area contributed by atoms with E-state index in [2.05, 4.69) is 0 Å². The summed E-state index contributed by atoms with van der Waals surface area (Å²) in [5.41, 5.74) is 0.431. The van der Waals surface area contributed by atoms with Crippen LogP contribution >= 0.6 is 11.8 Å². The van der Waals surface area contributed by atoms with E-state index in [9.17, 15) is 24.8 Å². The average Bonchev–Trinajstić information content (AvgIpc) is 2.60. The molecule has 7 nitrogen and oxygen atoms in total. The van der Waals surface area contributed by atoms with Crippen molar-refractivity contribution in [3.63, 3.8) is 0 Å². The van der Waals surface area contributed by atoms with Gasteiger partial charge in [0, 0.05) is 22.3 Å². The number of carbonyl (C=O) groups is 2. The normalized spacial score (nSPS) is 10.3. The van der Waals surface area contributed by atoms with Crippen molar-refractivity contribution in [2.75, 3.05) is 6.61 Å². The van der Waals surface area contributed by atoms with Crippen LogP contribution in [-0.2, 0) is 10.5 Å². The summed E-state index contributed by atoms with van der Waals surface area (Å²) >= 11 is 1.18. The maximum atomic E-state index is 11.7. The number of thioether (sulfide) groups is 1. The van der Waals surface area contributed by atoms with Gasteiger partial charge < -0.3 is 9.84 Å². The molecule has 2 aromatic rings. The van der Waals surface area contributed by atoms with E-state index in [1.165, 1.54) is 36.0 Å². The first-order valence-corrected chi connectivity index (χ1v) is 8.32. The Morgan fingerprint density at radius 3 is 2.60 bits per heavy atom. The third kappa shape index (κ3) is 4.57.